The largest absolute Gasteiger partial charge is 0.250 e. The summed E-state index contributed by atoms with van der Waals surface area (Å²) >= 11 is 0. The molecule has 1 aliphatic rings. The first kappa shape index (κ1) is 15.0. The van der Waals surface area contributed by atoms with Crippen molar-refractivity contribution in [2.45, 2.75) is 39.5 Å². The number of fused-ring (bicyclic) bond motifs is 1. The molecule has 0 bridgehead atoms. The fourth-order valence-electron chi connectivity index (χ4n) is 3.41. The summed E-state index contributed by atoms with van der Waals surface area (Å²) in [6, 6.07) is 14.6. The molecule has 2 aromatic heterocycles. The van der Waals surface area contributed by atoms with Gasteiger partial charge >= 0.3 is 0 Å². The molecule has 4 rings (SSSR count). The Balaban J connectivity index is 1.93. The second kappa shape index (κ2) is 6.16. The van der Waals surface area contributed by atoms with Crippen LogP contribution in [0.1, 0.15) is 35.4 Å². The van der Waals surface area contributed by atoms with E-state index in [0.717, 1.165) is 35.7 Å². The summed E-state index contributed by atoms with van der Waals surface area (Å²) in [6.07, 6.45) is 4.53. The third kappa shape index (κ3) is 2.82. The van der Waals surface area contributed by atoms with Crippen LogP contribution in [-0.2, 0) is 12.8 Å². The highest BCUT2D eigenvalue weighted by molar-refractivity contribution is 5.68. The number of pyridine rings is 1. The van der Waals surface area contributed by atoms with Gasteiger partial charge in [0.1, 0.15) is 5.69 Å². The van der Waals surface area contributed by atoms with E-state index in [2.05, 4.69) is 36.2 Å². The molecule has 0 atom stereocenters. The molecule has 0 aliphatic heterocycles. The van der Waals surface area contributed by atoms with Gasteiger partial charge in [-0.2, -0.15) is 0 Å². The van der Waals surface area contributed by atoms with Gasteiger partial charge in [0, 0.05) is 22.5 Å². The quantitative estimate of drug-likeness (QED) is 0.688. The number of aromatic nitrogens is 3. The smallest absolute Gasteiger partial charge is 0.178 e. The van der Waals surface area contributed by atoms with Gasteiger partial charge in [0.2, 0.25) is 0 Å². The van der Waals surface area contributed by atoms with Gasteiger partial charge in [-0.15, -0.1) is 0 Å². The van der Waals surface area contributed by atoms with Crippen molar-refractivity contribution in [1.82, 2.24) is 15.0 Å². The average molecular weight is 315 g/mol. The molecule has 1 aliphatic carbocycles. The molecule has 0 amide bonds. The van der Waals surface area contributed by atoms with Gasteiger partial charge in [0.25, 0.3) is 0 Å². The zero-order valence-corrected chi connectivity index (χ0v) is 14.2. The van der Waals surface area contributed by atoms with Gasteiger partial charge < -0.3 is 0 Å². The molecule has 0 spiro atoms. The van der Waals surface area contributed by atoms with Crippen LogP contribution in [-0.4, -0.2) is 15.0 Å². The summed E-state index contributed by atoms with van der Waals surface area (Å²) in [7, 11) is 0. The van der Waals surface area contributed by atoms with E-state index in [1.165, 1.54) is 35.2 Å². The number of benzene rings is 1. The Morgan fingerprint density at radius 3 is 2.50 bits per heavy atom. The molecule has 120 valence electrons. The van der Waals surface area contributed by atoms with E-state index < -0.39 is 0 Å². The van der Waals surface area contributed by atoms with E-state index >= 15 is 0 Å². The molecule has 3 heteroatoms. The van der Waals surface area contributed by atoms with Crippen molar-refractivity contribution in [1.29, 1.82) is 0 Å². The maximum absolute atomic E-state index is 4.94. The fourth-order valence-corrected chi connectivity index (χ4v) is 3.41. The normalized spacial score (nSPS) is 13.6. The Morgan fingerprint density at radius 1 is 0.833 bits per heavy atom. The second-order valence-electron chi connectivity index (χ2n) is 6.56. The van der Waals surface area contributed by atoms with E-state index in [-0.39, 0.29) is 0 Å². The molecule has 24 heavy (non-hydrogen) atoms. The van der Waals surface area contributed by atoms with Crippen molar-refractivity contribution in [2.24, 2.45) is 0 Å². The Kier molecular flexibility index (Phi) is 3.85. The minimum Gasteiger partial charge on any atom is -0.250 e. The monoisotopic (exact) mass is 315 g/mol. The van der Waals surface area contributed by atoms with E-state index in [1.807, 2.05) is 25.1 Å². The first-order valence-electron chi connectivity index (χ1n) is 8.61. The lowest BCUT2D eigenvalue weighted by Crippen LogP contribution is -2.11. The lowest BCUT2D eigenvalue weighted by Gasteiger charge is -2.19. The third-order valence-corrected chi connectivity index (χ3v) is 4.59. The van der Waals surface area contributed by atoms with Crippen molar-refractivity contribution in [3.8, 4) is 22.8 Å². The van der Waals surface area contributed by atoms with Gasteiger partial charge in [-0.05, 0) is 57.7 Å². The highest BCUT2D eigenvalue weighted by atomic mass is 14.9. The highest BCUT2D eigenvalue weighted by Gasteiger charge is 2.20. The molecule has 0 fully saturated rings. The third-order valence-electron chi connectivity index (χ3n) is 4.59. The van der Waals surface area contributed by atoms with Crippen LogP contribution in [0.15, 0.2) is 42.5 Å². The number of hydrogen-bond acceptors (Lipinski definition) is 3. The van der Waals surface area contributed by atoms with Crippen LogP contribution < -0.4 is 0 Å². The Morgan fingerprint density at radius 2 is 1.67 bits per heavy atom. The average Bonchev–Trinajstić information content (AvgIpc) is 2.61. The minimum atomic E-state index is 0.746. The topological polar surface area (TPSA) is 38.7 Å². The first-order valence-corrected chi connectivity index (χ1v) is 8.61. The predicted molar refractivity (Wildman–Crippen MR) is 96.8 cm³/mol. The maximum Gasteiger partial charge on any atom is 0.178 e. The standard InChI is InChI=1S/C21H21N3/c1-14-7-5-9-16(13-14)20-17-10-3-4-11-18(17)23-21(24-20)19-12-6-8-15(2)22-19/h5-9,12-13H,3-4,10-11H2,1-2H3. The molecule has 3 nitrogen and oxygen atoms in total. The van der Waals surface area contributed by atoms with Gasteiger partial charge in [-0.3, -0.25) is 0 Å². The molecule has 0 saturated heterocycles. The van der Waals surface area contributed by atoms with Gasteiger partial charge in [0.15, 0.2) is 5.82 Å². The van der Waals surface area contributed by atoms with Crippen molar-refractivity contribution in [2.75, 3.05) is 0 Å². The van der Waals surface area contributed by atoms with Crippen LogP contribution in [0.3, 0.4) is 0 Å². The van der Waals surface area contributed by atoms with Crippen LogP contribution in [0.5, 0.6) is 0 Å². The van der Waals surface area contributed by atoms with Gasteiger partial charge in [-0.25, -0.2) is 15.0 Å². The molecule has 0 radical (unpaired) electrons. The molecular formula is C21H21N3. The number of hydrogen-bond donors (Lipinski definition) is 0. The van der Waals surface area contributed by atoms with Crippen molar-refractivity contribution in [3.63, 3.8) is 0 Å². The molecule has 3 aromatic rings. The van der Waals surface area contributed by atoms with E-state index in [4.69, 9.17) is 9.97 Å². The van der Waals surface area contributed by atoms with Crippen LogP contribution in [0.4, 0.5) is 0 Å². The van der Waals surface area contributed by atoms with Gasteiger partial charge in [-0.1, -0.05) is 29.8 Å². The summed E-state index contributed by atoms with van der Waals surface area (Å²) < 4.78 is 0. The molecule has 1 aromatic carbocycles. The van der Waals surface area contributed by atoms with Crippen LogP contribution in [0.25, 0.3) is 22.8 Å². The molecule has 2 heterocycles. The van der Waals surface area contributed by atoms with Gasteiger partial charge in [0.05, 0.1) is 5.69 Å². The number of aryl methyl sites for hydroxylation is 3. The minimum absolute atomic E-state index is 0.746. The summed E-state index contributed by atoms with van der Waals surface area (Å²) in [5.41, 5.74) is 7.90. The van der Waals surface area contributed by atoms with Crippen molar-refractivity contribution < 1.29 is 0 Å². The lowest BCUT2D eigenvalue weighted by atomic mass is 9.91. The van der Waals surface area contributed by atoms with E-state index in [0.29, 0.717) is 0 Å². The zero-order valence-electron chi connectivity index (χ0n) is 14.2. The second-order valence-corrected chi connectivity index (χ2v) is 6.56. The van der Waals surface area contributed by atoms with Crippen LogP contribution >= 0.6 is 0 Å². The Bertz CT molecular complexity index is 899. The van der Waals surface area contributed by atoms with E-state index in [1.54, 1.807) is 0 Å². The Hall–Kier alpha value is -2.55. The molecule has 0 saturated carbocycles. The molecule has 0 unspecified atom stereocenters. The summed E-state index contributed by atoms with van der Waals surface area (Å²) in [4.78, 5) is 14.4. The summed E-state index contributed by atoms with van der Waals surface area (Å²) in [5, 5.41) is 0. The van der Waals surface area contributed by atoms with Crippen LogP contribution in [0.2, 0.25) is 0 Å². The van der Waals surface area contributed by atoms with Crippen molar-refractivity contribution in [3.05, 3.63) is 65.0 Å². The SMILES string of the molecule is Cc1cccc(-c2nc(-c3cccc(C)n3)nc3c2CCCC3)c1. The molecule has 0 N–H and O–H groups in total. The molecular weight excluding hydrogens is 294 g/mol. The summed E-state index contributed by atoms with van der Waals surface area (Å²) in [6.45, 7) is 4.13. The maximum atomic E-state index is 4.94. The first-order chi connectivity index (χ1) is 11.7. The highest BCUT2D eigenvalue weighted by Crippen LogP contribution is 2.31. The number of nitrogens with zero attached hydrogens (tertiary/aromatic N) is 3. The predicted octanol–water partition coefficient (Wildman–Crippen LogP) is 4.70. The summed E-state index contributed by atoms with van der Waals surface area (Å²) in [5.74, 6) is 0.746. The Labute approximate surface area is 142 Å². The van der Waals surface area contributed by atoms with E-state index in [9.17, 15) is 0 Å². The lowest BCUT2D eigenvalue weighted by molar-refractivity contribution is 0.665. The fraction of sp³-hybridized carbons (Fsp3) is 0.286. The number of rotatable bonds is 2. The zero-order chi connectivity index (χ0) is 16.5. The van der Waals surface area contributed by atoms with Crippen molar-refractivity contribution >= 4 is 0 Å². The van der Waals surface area contributed by atoms with Crippen LogP contribution in [0, 0.1) is 13.8 Å².